The number of benzene rings is 2. The maximum absolute atomic E-state index is 13.4. The number of carbonyl (C=O) groups is 1. The van der Waals surface area contributed by atoms with Crippen molar-refractivity contribution in [1.82, 2.24) is 19.3 Å². The molecule has 28 heavy (non-hydrogen) atoms. The van der Waals surface area contributed by atoms with E-state index in [2.05, 4.69) is 15.4 Å². The number of nitrogens with zero attached hydrogens (tertiary/aromatic N) is 4. The Balaban J connectivity index is 1.51. The fourth-order valence-corrected chi connectivity index (χ4v) is 2.90. The highest BCUT2D eigenvalue weighted by molar-refractivity contribution is 5.90. The summed E-state index contributed by atoms with van der Waals surface area (Å²) >= 11 is 0. The molecule has 0 aliphatic carbocycles. The smallest absolute Gasteiger partial charge is 0.261 e. The molecule has 0 atom stereocenters. The molecule has 4 aromatic rings. The standard InChI is InChI=1S/C20H16FN5O2/c21-15-6-7-17-16(10-15)20(28)25(13-22-17)12-19(27)24-18-8-9-23-26(18)11-14-4-2-1-3-5-14/h1-10,13H,11-12H2,(H,24,27). The normalized spacial score (nSPS) is 10.9. The fraction of sp³-hybridized carbons (Fsp3) is 0.100. The van der Waals surface area contributed by atoms with Gasteiger partial charge in [0.1, 0.15) is 18.2 Å². The van der Waals surface area contributed by atoms with Crippen LogP contribution in [0, 0.1) is 5.82 Å². The number of fused-ring (bicyclic) bond motifs is 1. The average molecular weight is 377 g/mol. The highest BCUT2D eigenvalue weighted by Crippen LogP contribution is 2.11. The van der Waals surface area contributed by atoms with Crippen LogP contribution in [0.3, 0.4) is 0 Å². The Bertz CT molecular complexity index is 1200. The molecule has 0 bridgehead atoms. The summed E-state index contributed by atoms with van der Waals surface area (Å²) in [5.74, 6) is -0.422. The van der Waals surface area contributed by atoms with Crippen LogP contribution in [0.5, 0.6) is 0 Å². The van der Waals surface area contributed by atoms with Crippen molar-refractivity contribution in [3.05, 3.63) is 88.9 Å². The van der Waals surface area contributed by atoms with Gasteiger partial charge in [-0.3, -0.25) is 14.2 Å². The number of halogens is 1. The van der Waals surface area contributed by atoms with Crippen molar-refractivity contribution >= 4 is 22.6 Å². The van der Waals surface area contributed by atoms with E-state index >= 15 is 0 Å². The number of aromatic nitrogens is 4. The first-order valence-electron chi connectivity index (χ1n) is 8.60. The van der Waals surface area contributed by atoms with Crippen LogP contribution in [-0.2, 0) is 17.9 Å². The summed E-state index contributed by atoms with van der Waals surface area (Å²) in [7, 11) is 0. The van der Waals surface area contributed by atoms with E-state index in [-0.39, 0.29) is 11.9 Å². The first kappa shape index (κ1) is 17.6. The van der Waals surface area contributed by atoms with E-state index in [1.165, 1.54) is 18.5 Å². The van der Waals surface area contributed by atoms with Crippen LogP contribution in [0.4, 0.5) is 10.2 Å². The first-order chi connectivity index (χ1) is 13.6. The summed E-state index contributed by atoms with van der Waals surface area (Å²) in [6, 6.07) is 15.2. The number of carbonyl (C=O) groups excluding carboxylic acids is 1. The van der Waals surface area contributed by atoms with Crippen molar-refractivity contribution in [3.8, 4) is 0 Å². The van der Waals surface area contributed by atoms with Gasteiger partial charge in [0.05, 0.1) is 30.0 Å². The molecule has 7 nitrogen and oxygen atoms in total. The Kier molecular flexibility index (Phi) is 4.67. The van der Waals surface area contributed by atoms with Crippen molar-refractivity contribution in [1.29, 1.82) is 0 Å². The van der Waals surface area contributed by atoms with Crippen LogP contribution >= 0.6 is 0 Å². The number of amides is 1. The molecule has 0 unspecified atom stereocenters. The van der Waals surface area contributed by atoms with E-state index in [0.717, 1.165) is 16.2 Å². The zero-order valence-corrected chi connectivity index (χ0v) is 14.7. The molecule has 8 heteroatoms. The highest BCUT2D eigenvalue weighted by atomic mass is 19.1. The summed E-state index contributed by atoms with van der Waals surface area (Å²) in [4.78, 5) is 29.0. The molecule has 1 N–H and O–H groups in total. The summed E-state index contributed by atoms with van der Waals surface area (Å²) in [6.45, 7) is 0.259. The lowest BCUT2D eigenvalue weighted by Gasteiger charge is -2.10. The molecule has 0 saturated carbocycles. The molecular formula is C20H16FN5O2. The van der Waals surface area contributed by atoms with Crippen molar-refractivity contribution in [2.45, 2.75) is 13.1 Å². The van der Waals surface area contributed by atoms with Crippen LogP contribution in [-0.4, -0.2) is 25.2 Å². The molecule has 0 fully saturated rings. The SMILES string of the molecule is O=C(Cn1cnc2ccc(F)cc2c1=O)Nc1ccnn1Cc1ccccc1. The Morgan fingerprint density at radius 2 is 1.93 bits per heavy atom. The lowest BCUT2D eigenvalue weighted by Crippen LogP contribution is -2.28. The molecule has 1 amide bonds. The molecule has 0 aliphatic heterocycles. The average Bonchev–Trinajstić information content (AvgIpc) is 3.12. The van der Waals surface area contributed by atoms with Gasteiger partial charge in [-0.15, -0.1) is 0 Å². The van der Waals surface area contributed by atoms with E-state index in [1.807, 2.05) is 30.3 Å². The van der Waals surface area contributed by atoms with Crippen molar-refractivity contribution in [2.75, 3.05) is 5.32 Å². The predicted molar refractivity (Wildman–Crippen MR) is 102 cm³/mol. The van der Waals surface area contributed by atoms with E-state index in [9.17, 15) is 14.0 Å². The van der Waals surface area contributed by atoms with Gasteiger partial charge in [0, 0.05) is 6.07 Å². The third-order valence-electron chi connectivity index (χ3n) is 4.26. The van der Waals surface area contributed by atoms with Gasteiger partial charge >= 0.3 is 0 Å². The second-order valence-electron chi connectivity index (χ2n) is 6.25. The third-order valence-corrected chi connectivity index (χ3v) is 4.26. The Morgan fingerprint density at radius 3 is 2.75 bits per heavy atom. The van der Waals surface area contributed by atoms with E-state index < -0.39 is 17.3 Å². The molecular weight excluding hydrogens is 361 g/mol. The predicted octanol–water partition coefficient (Wildman–Crippen LogP) is 2.42. The second-order valence-corrected chi connectivity index (χ2v) is 6.25. The lowest BCUT2D eigenvalue weighted by atomic mass is 10.2. The van der Waals surface area contributed by atoms with Gasteiger partial charge in [-0.2, -0.15) is 5.10 Å². The lowest BCUT2D eigenvalue weighted by molar-refractivity contribution is -0.116. The molecule has 0 spiro atoms. The van der Waals surface area contributed by atoms with Crippen LogP contribution < -0.4 is 10.9 Å². The zero-order chi connectivity index (χ0) is 19.5. The number of nitrogens with one attached hydrogen (secondary N) is 1. The minimum absolute atomic E-state index is 0.129. The van der Waals surface area contributed by atoms with Gasteiger partial charge in [0.25, 0.3) is 5.56 Å². The van der Waals surface area contributed by atoms with Gasteiger partial charge in [-0.05, 0) is 23.8 Å². The number of hydrogen-bond donors (Lipinski definition) is 1. The number of rotatable bonds is 5. The van der Waals surface area contributed by atoms with E-state index in [4.69, 9.17) is 0 Å². The van der Waals surface area contributed by atoms with E-state index in [1.54, 1.807) is 16.9 Å². The summed E-state index contributed by atoms with van der Waals surface area (Å²) in [6.07, 6.45) is 2.87. The maximum atomic E-state index is 13.4. The fourth-order valence-electron chi connectivity index (χ4n) is 2.90. The summed E-state index contributed by atoms with van der Waals surface area (Å²) in [5.41, 5.74) is 0.945. The zero-order valence-electron chi connectivity index (χ0n) is 14.7. The maximum Gasteiger partial charge on any atom is 0.261 e. The molecule has 2 heterocycles. The summed E-state index contributed by atoms with van der Waals surface area (Å²) < 4.78 is 16.2. The van der Waals surface area contributed by atoms with E-state index in [0.29, 0.717) is 17.9 Å². The molecule has 2 aromatic carbocycles. The molecule has 140 valence electrons. The first-order valence-corrected chi connectivity index (χ1v) is 8.60. The van der Waals surface area contributed by atoms with Crippen LogP contribution in [0.2, 0.25) is 0 Å². The number of anilines is 1. The second kappa shape index (κ2) is 7.43. The van der Waals surface area contributed by atoms with Crippen molar-refractivity contribution in [3.63, 3.8) is 0 Å². The monoisotopic (exact) mass is 377 g/mol. The minimum atomic E-state index is -0.529. The Labute approximate surface area is 159 Å². The summed E-state index contributed by atoms with van der Waals surface area (Å²) in [5, 5.41) is 7.09. The van der Waals surface area contributed by atoms with Gasteiger partial charge in [-0.25, -0.2) is 14.1 Å². The van der Waals surface area contributed by atoms with Crippen LogP contribution in [0.15, 0.2) is 71.9 Å². The Hall–Kier alpha value is -3.81. The minimum Gasteiger partial charge on any atom is -0.309 e. The molecule has 0 aliphatic rings. The molecule has 0 saturated heterocycles. The quantitative estimate of drug-likeness (QED) is 0.579. The molecule has 0 radical (unpaired) electrons. The Morgan fingerprint density at radius 1 is 1.11 bits per heavy atom. The van der Waals surface area contributed by atoms with Crippen molar-refractivity contribution in [2.24, 2.45) is 0 Å². The topological polar surface area (TPSA) is 81.8 Å². The molecule has 2 aromatic heterocycles. The largest absolute Gasteiger partial charge is 0.309 e. The van der Waals surface area contributed by atoms with Crippen LogP contribution in [0.1, 0.15) is 5.56 Å². The van der Waals surface area contributed by atoms with Gasteiger partial charge in [0.15, 0.2) is 0 Å². The third kappa shape index (κ3) is 3.66. The van der Waals surface area contributed by atoms with Crippen LogP contribution in [0.25, 0.3) is 10.9 Å². The van der Waals surface area contributed by atoms with Gasteiger partial charge in [-0.1, -0.05) is 30.3 Å². The highest BCUT2D eigenvalue weighted by Gasteiger charge is 2.11. The molecule has 4 rings (SSSR count). The van der Waals surface area contributed by atoms with Gasteiger partial charge < -0.3 is 5.32 Å². The van der Waals surface area contributed by atoms with Gasteiger partial charge in [0.2, 0.25) is 5.91 Å². The number of hydrogen-bond acceptors (Lipinski definition) is 4. The van der Waals surface area contributed by atoms with Crippen molar-refractivity contribution < 1.29 is 9.18 Å².